The van der Waals surface area contributed by atoms with Crippen molar-refractivity contribution in [3.63, 3.8) is 0 Å². The zero-order valence-corrected chi connectivity index (χ0v) is 17.8. The molecule has 1 heterocycles. The quantitative estimate of drug-likeness (QED) is 0.321. The molecule has 1 atom stereocenters. The van der Waals surface area contributed by atoms with Crippen molar-refractivity contribution >= 4 is 24.3 Å². The highest BCUT2D eigenvalue weighted by molar-refractivity contribution is 7.71. The van der Waals surface area contributed by atoms with Crippen molar-refractivity contribution in [2.45, 2.75) is 12.5 Å². The zero-order valence-electron chi connectivity index (χ0n) is 17.0. The number of H-pyrrole nitrogens is 1. The Morgan fingerprint density at radius 1 is 1.06 bits per heavy atom. The van der Waals surface area contributed by atoms with E-state index in [-0.39, 0.29) is 16.5 Å². The molecule has 1 aromatic heterocycles. The Kier molecular flexibility index (Phi) is 6.62. The second-order valence-corrected chi connectivity index (χ2v) is 7.46. The molecule has 0 fully saturated rings. The van der Waals surface area contributed by atoms with Crippen molar-refractivity contribution in [2.24, 2.45) is 5.10 Å². The van der Waals surface area contributed by atoms with Crippen LogP contribution in [0, 0.1) is 10.6 Å². The first kappa shape index (κ1) is 21.3. The van der Waals surface area contributed by atoms with Gasteiger partial charge in [0.2, 0.25) is 4.77 Å². The van der Waals surface area contributed by atoms with Crippen LogP contribution in [0.2, 0.25) is 0 Å². The molecular weight excluding hydrogens is 425 g/mol. The lowest BCUT2D eigenvalue weighted by Crippen LogP contribution is -2.31. The average molecular weight is 446 g/mol. The highest BCUT2D eigenvalue weighted by atomic mass is 32.1. The average Bonchev–Trinajstić information content (AvgIpc) is 3.19. The van der Waals surface area contributed by atoms with E-state index in [1.54, 1.807) is 30.5 Å². The van der Waals surface area contributed by atoms with E-state index in [0.29, 0.717) is 23.4 Å². The molecule has 0 aliphatic heterocycles. The highest BCUT2D eigenvalue weighted by Gasteiger charge is 2.22. The molecule has 32 heavy (non-hydrogen) atoms. The fraction of sp³-hybridized carbons (Fsp3) is 0.0833. The second-order valence-electron chi connectivity index (χ2n) is 7.08. The van der Waals surface area contributed by atoms with Crippen LogP contribution in [-0.4, -0.2) is 27.0 Å². The van der Waals surface area contributed by atoms with Crippen LogP contribution in [0.4, 0.5) is 4.39 Å². The molecule has 3 aromatic carbocycles. The van der Waals surface area contributed by atoms with Crippen LogP contribution in [0.3, 0.4) is 0 Å². The number of nitrogens with zero attached hydrogens (tertiary/aromatic N) is 3. The van der Waals surface area contributed by atoms with Crippen molar-refractivity contribution in [3.05, 3.63) is 118 Å². The summed E-state index contributed by atoms with van der Waals surface area (Å²) < 4.78 is 14.9. The standard InChI is InChI=1S/C24H20FN5OS/c25-20-13-11-18(12-14-20)16-26-30-22(28-29-24(30)32)21(15-17-7-3-1-4-8-17)27-23(31)19-9-5-2-6-10-19/h1-14,16,21H,15H2,(H,27,31)(H,29,32). The molecule has 0 aliphatic rings. The minimum atomic E-state index is -0.497. The van der Waals surface area contributed by atoms with Gasteiger partial charge in [0.25, 0.3) is 5.91 Å². The molecule has 6 nitrogen and oxygen atoms in total. The topological polar surface area (TPSA) is 75.1 Å². The van der Waals surface area contributed by atoms with Crippen LogP contribution >= 0.6 is 12.2 Å². The molecule has 0 spiro atoms. The number of carbonyl (C=O) groups is 1. The van der Waals surface area contributed by atoms with Gasteiger partial charge in [-0.1, -0.05) is 60.7 Å². The van der Waals surface area contributed by atoms with Crippen molar-refractivity contribution in [1.82, 2.24) is 20.2 Å². The van der Waals surface area contributed by atoms with E-state index >= 15 is 0 Å². The summed E-state index contributed by atoms with van der Waals surface area (Å²) in [5.74, 6) is -0.0923. The molecule has 8 heteroatoms. The maximum Gasteiger partial charge on any atom is 0.251 e. The zero-order chi connectivity index (χ0) is 22.3. The molecule has 0 saturated heterocycles. The van der Waals surface area contributed by atoms with Crippen molar-refractivity contribution < 1.29 is 9.18 Å². The normalized spacial score (nSPS) is 12.0. The van der Waals surface area contributed by atoms with E-state index < -0.39 is 6.04 Å². The number of carbonyl (C=O) groups excluding carboxylic acids is 1. The largest absolute Gasteiger partial charge is 0.342 e. The minimum absolute atomic E-state index is 0.227. The highest BCUT2D eigenvalue weighted by Crippen LogP contribution is 2.18. The van der Waals surface area contributed by atoms with Crippen LogP contribution in [0.1, 0.15) is 33.4 Å². The van der Waals surface area contributed by atoms with Gasteiger partial charge in [0.1, 0.15) is 5.82 Å². The van der Waals surface area contributed by atoms with Crippen molar-refractivity contribution in [3.8, 4) is 0 Å². The Hall–Kier alpha value is -3.91. The smallest absolute Gasteiger partial charge is 0.251 e. The predicted molar refractivity (Wildman–Crippen MR) is 124 cm³/mol. The molecule has 2 N–H and O–H groups in total. The summed E-state index contributed by atoms with van der Waals surface area (Å²) in [5.41, 5.74) is 2.27. The van der Waals surface area contributed by atoms with Crippen LogP contribution in [0.5, 0.6) is 0 Å². The Morgan fingerprint density at radius 2 is 1.72 bits per heavy atom. The third-order valence-electron chi connectivity index (χ3n) is 4.80. The van der Waals surface area contributed by atoms with Gasteiger partial charge in [0.15, 0.2) is 5.82 Å². The fourth-order valence-corrected chi connectivity index (χ4v) is 3.39. The van der Waals surface area contributed by atoms with Crippen molar-refractivity contribution in [1.29, 1.82) is 0 Å². The van der Waals surface area contributed by atoms with E-state index in [4.69, 9.17) is 12.2 Å². The number of rotatable bonds is 7. The third-order valence-corrected chi connectivity index (χ3v) is 5.07. The summed E-state index contributed by atoms with van der Waals surface area (Å²) in [6.07, 6.45) is 2.05. The van der Waals surface area contributed by atoms with Gasteiger partial charge in [0, 0.05) is 12.0 Å². The summed E-state index contributed by atoms with van der Waals surface area (Å²) in [6.45, 7) is 0. The third kappa shape index (κ3) is 5.22. The Bertz CT molecular complexity index is 1270. The van der Waals surface area contributed by atoms with Crippen LogP contribution in [-0.2, 0) is 6.42 Å². The van der Waals surface area contributed by atoms with Crippen molar-refractivity contribution in [2.75, 3.05) is 0 Å². The molecule has 1 unspecified atom stereocenters. The Labute approximate surface area is 189 Å². The first-order valence-electron chi connectivity index (χ1n) is 9.97. The van der Waals surface area contributed by atoms with E-state index in [1.165, 1.54) is 16.8 Å². The summed E-state index contributed by atoms with van der Waals surface area (Å²) in [6, 6.07) is 24.2. The Morgan fingerprint density at radius 3 is 2.41 bits per heavy atom. The summed E-state index contributed by atoms with van der Waals surface area (Å²) in [5, 5.41) is 14.6. The van der Waals surface area contributed by atoms with Gasteiger partial charge in [-0.15, -0.1) is 0 Å². The van der Waals surface area contributed by atoms with Gasteiger partial charge in [-0.05, 0) is 47.6 Å². The van der Waals surface area contributed by atoms with Gasteiger partial charge >= 0.3 is 0 Å². The number of halogens is 1. The van der Waals surface area contributed by atoms with Gasteiger partial charge in [-0.25, -0.2) is 4.39 Å². The number of aromatic nitrogens is 3. The molecule has 0 bridgehead atoms. The molecular formula is C24H20FN5OS. The second kappa shape index (κ2) is 9.93. The maximum absolute atomic E-state index is 13.2. The molecule has 4 aromatic rings. The summed E-state index contributed by atoms with van der Waals surface area (Å²) in [4.78, 5) is 12.9. The molecule has 4 rings (SSSR count). The van der Waals surface area contributed by atoms with Crippen LogP contribution in [0.25, 0.3) is 0 Å². The summed E-state index contributed by atoms with van der Waals surface area (Å²) in [7, 11) is 0. The lowest BCUT2D eigenvalue weighted by atomic mass is 10.0. The Balaban J connectivity index is 1.67. The molecule has 0 saturated carbocycles. The maximum atomic E-state index is 13.2. The lowest BCUT2D eigenvalue weighted by Gasteiger charge is -2.18. The fourth-order valence-electron chi connectivity index (χ4n) is 3.20. The van der Waals surface area contributed by atoms with E-state index in [9.17, 15) is 9.18 Å². The van der Waals surface area contributed by atoms with Gasteiger partial charge < -0.3 is 5.32 Å². The van der Waals surface area contributed by atoms with E-state index in [0.717, 1.165) is 5.56 Å². The van der Waals surface area contributed by atoms with E-state index in [2.05, 4.69) is 20.6 Å². The van der Waals surface area contributed by atoms with Crippen LogP contribution < -0.4 is 5.32 Å². The molecule has 0 radical (unpaired) electrons. The SMILES string of the molecule is O=C(NC(Cc1ccccc1)c1n[nH]c(=S)n1N=Cc1ccc(F)cc1)c1ccccc1. The van der Waals surface area contributed by atoms with Gasteiger partial charge in [-0.2, -0.15) is 14.9 Å². The lowest BCUT2D eigenvalue weighted by molar-refractivity contribution is 0.0934. The number of nitrogens with one attached hydrogen (secondary N) is 2. The predicted octanol–water partition coefficient (Wildman–Crippen LogP) is 4.68. The first-order valence-corrected chi connectivity index (χ1v) is 10.4. The molecule has 160 valence electrons. The summed E-state index contributed by atoms with van der Waals surface area (Å²) >= 11 is 5.36. The number of aromatic amines is 1. The monoisotopic (exact) mass is 445 g/mol. The van der Waals surface area contributed by atoms with E-state index in [1.807, 2.05) is 48.5 Å². The molecule has 1 amide bonds. The van der Waals surface area contributed by atoms with Crippen LogP contribution in [0.15, 0.2) is 90.0 Å². The van der Waals surface area contributed by atoms with Gasteiger partial charge in [-0.3, -0.25) is 9.89 Å². The molecule has 0 aliphatic carbocycles. The number of hydrogen-bond donors (Lipinski definition) is 2. The number of hydrogen-bond acceptors (Lipinski definition) is 4. The number of benzene rings is 3. The number of amides is 1. The van der Waals surface area contributed by atoms with Gasteiger partial charge in [0.05, 0.1) is 12.3 Å². The minimum Gasteiger partial charge on any atom is -0.342 e. The first-order chi connectivity index (χ1) is 15.6.